The molecule has 1 aromatic rings. The largest absolute Gasteiger partial charge is 0.466 e. The van der Waals surface area contributed by atoms with E-state index in [9.17, 15) is 9.18 Å². The summed E-state index contributed by atoms with van der Waals surface area (Å²) in [7, 11) is 1.27. The fraction of sp³-hybridized carbons (Fsp3) is 0.111. The number of hydrogen-bond acceptors (Lipinski definition) is 3. The van der Waals surface area contributed by atoms with Crippen molar-refractivity contribution >= 4 is 12.0 Å². The van der Waals surface area contributed by atoms with Gasteiger partial charge in [-0.05, 0) is 17.7 Å². The van der Waals surface area contributed by atoms with Crippen LogP contribution in [0, 0.1) is 5.82 Å². The van der Waals surface area contributed by atoms with E-state index in [1.807, 2.05) is 0 Å². The van der Waals surface area contributed by atoms with Crippen LogP contribution < -0.4 is 0 Å². The monoisotopic (exact) mass is 181 g/mol. The lowest BCUT2D eigenvalue weighted by Gasteiger charge is -1.92. The second kappa shape index (κ2) is 4.35. The maximum atomic E-state index is 12.6. The molecule has 13 heavy (non-hydrogen) atoms. The van der Waals surface area contributed by atoms with E-state index in [4.69, 9.17) is 0 Å². The third-order valence-corrected chi connectivity index (χ3v) is 1.34. The topological polar surface area (TPSA) is 39.2 Å². The van der Waals surface area contributed by atoms with Gasteiger partial charge in [-0.3, -0.25) is 4.98 Å². The Morgan fingerprint density at radius 2 is 2.38 bits per heavy atom. The van der Waals surface area contributed by atoms with E-state index in [-0.39, 0.29) is 0 Å². The maximum Gasteiger partial charge on any atom is 0.330 e. The van der Waals surface area contributed by atoms with Crippen molar-refractivity contribution in [1.82, 2.24) is 4.98 Å². The zero-order chi connectivity index (χ0) is 9.68. The van der Waals surface area contributed by atoms with Crippen LogP contribution in [0.1, 0.15) is 5.56 Å². The number of ether oxygens (including phenoxy) is 1. The lowest BCUT2D eigenvalue weighted by molar-refractivity contribution is -0.134. The Kier molecular flexibility index (Phi) is 3.14. The van der Waals surface area contributed by atoms with Gasteiger partial charge in [0.05, 0.1) is 13.3 Å². The molecule has 0 saturated heterocycles. The number of rotatable bonds is 2. The van der Waals surface area contributed by atoms with E-state index in [0.717, 1.165) is 6.20 Å². The first-order chi connectivity index (χ1) is 6.22. The molecule has 0 fully saturated rings. The van der Waals surface area contributed by atoms with Crippen LogP contribution >= 0.6 is 0 Å². The molecule has 0 saturated carbocycles. The first kappa shape index (κ1) is 9.38. The highest BCUT2D eigenvalue weighted by Gasteiger charge is 1.93. The summed E-state index contributed by atoms with van der Waals surface area (Å²) in [4.78, 5) is 14.3. The van der Waals surface area contributed by atoms with Crippen LogP contribution in [0.2, 0.25) is 0 Å². The molecule has 4 heteroatoms. The number of carbonyl (C=O) groups excluding carboxylic acids is 1. The number of methoxy groups -OCH3 is 1. The van der Waals surface area contributed by atoms with E-state index in [1.54, 1.807) is 0 Å². The zero-order valence-electron chi connectivity index (χ0n) is 7.03. The minimum Gasteiger partial charge on any atom is -0.466 e. The summed E-state index contributed by atoms with van der Waals surface area (Å²) in [6, 6.07) is 1.27. The molecule has 68 valence electrons. The molecular formula is C9H8FNO2. The zero-order valence-corrected chi connectivity index (χ0v) is 7.03. The van der Waals surface area contributed by atoms with Crippen LogP contribution in [0.5, 0.6) is 0 Å². The molecule has 0 aliphatic rings. The average molecular weight is 181 g/mol. The second-order valence-electron chi connectivity index (χ2n) is 2.29. The van der Waals surface area contributed by atoms with Gasteiger partial charge >= 0.3 is 5.97 Å². The fourth-order valence-electron chi connectivity index (χ4n) is 0.752. The summed E-state index contributed by atoms with van der Waals surface area (Å²) in [6.07, 6.45) is 5.18. The van der Waals surface area contributed by atoms with Gasteiger partial charge in [0.1, 0.15) is 5.82 Å². The molecule has 0 spiro atoms. The maximum absolute atomic E-state index is 12.6. The van der Waals surface area contributed by atoms with E-state index in [2.05, 4.69) is 9.72 Å². The number of halogens is 1. The quantitative estimate of drug-likeness (QED) is 0.511. The van der Waals surface area contributed by atoms with Crippen LogP contribution in [0.4, 0.5) is 4.39 Å². The van der Waals surface area contributed by atoms with Crippen molar-refractivity contribution in [3.63, 3.8) is 0 Å². The Balaban J connectivity index is 2.74. The molecule has 0 atom stereocenters. The molecule has 0 amide bonds. The molecule has 1 heterocycles. The highest BCUT2D eigenvalue weighted by Crippen LogP contribution is 2.02. The third-order valence-electron chi connectivity index (χ3n) is 1.34. The van der Waals surface area contributed by atoms with Gasteiger partial charge < -0.3 is 4.74 Å². The van der Waals surface area contributed by atoms with Gasteiger partial charge in [0.2, 0.25) is 0 Å². The van der Waals surface area contributed by atoms with Gasteiger partial charge in [0, 0.05) is 12.3 Å². The van der Waals surface area contributed by atoms with Crippen molar-refractivity contribution in [2.75, 3.05) is 7.11 Å². The van der Waals surface area contributed by atoms with Crippen LogP contribution in [0.3, 0.4) is 0 Å². The highest BCUT2D eigenvalue weighted by molar-refractivity contribution is 5.86. The summed E-state index contributed by atoms with van der Waals surface area (Å²) < 4.78 is 16.9. The molecule has 0 radical (unpaired) electrons. The summed E-state index contributed by atoms with van der Waals surface area (Å²) in [5, 5.41) is 0. The molecule has 1 aromatic heterocycles. The Morgan fingerprint density at radius 3 is 3.00 bits per heavy atom. The summed E-state index contributed by atoms with van der Waals surface area (Å²) in [5.41, 5.74) is 0.519. The predicted molar refractivity (Wildman–Crippen MR) is 45.2 cm³/mol. The van der Waals surface area contributed by atoms with Gasteiger partial charge in [-0.1, -0.05) is 0 Å². The van der Waals surface area contributed by atoms with Crippen molar-refractivity contribution in [2.45, 2.75) is 0 Å². The summed E-state index contributed by atoms with van der Waals surface area (Å²) >= 11 is 0. The van der Waals surface area contributed by atoms with Crippen molar-refractivity contribution in [3.05, 3.63) is 35.9 Å². The number of nitrogens with zero attached hydrogens (tertiary/aromatic N) is 1. The average Bonchev–Trinajstić information content (AvgIpc) is 2.14. The van der Waals surface area contributed by atoms with E-state index in [1.165, 1.54) is 31.5 Å². The van der Waals surface area contributed by atoms with Crippen molar-refractivity contribution in [3.8, 4) is 0 Å². The van der Waals surface area contributed by atoms with E-state index < -0.39 is 11.8 Å². The number of aromatic nitrogens is 1. The van der Waals surface area contributed by atoms with Gasteiger partial charge in [-0.2, -0.15) is 0 Å². The molecule has 0 aliphatic heterocycles. The molecule has 1 rings (SSSR count). The van der Waals surface area contributed by atoms with Gasteiger partial charge in [-0.25, -0.2) is 9.18 Å². The lowest BCUT2D eigenvalue weighted by Crippen LogP contribution is -1.93. The predicted octanol–water partition coefficient (Wildman–Crippen LogP) is 1.41. The first-order valence-corrected chi connectivity index (χ1v) is 3.59. The van der Waals surface area contributed by atoms with Crippen molar-refractivity contribution in [1.29, 1.82) is 0 Å². The van der Waals surface area contributed by atoms with Crippen LogP contribution in [0.25, 0.3) is 6.08 Å². The first-order valence-electron chi connectivity index (χ1n) is 3.59. The molecule has 3 nitrogen and oxygen atoms in total. The van der Waals surface area contributed by atoms with Crippen LogP contribution in [-0.2, 0) is 9.53 Å². The number of carbonyl (C=O) groups is 1. The minimum absolute atomic E-state index is 0.438. The number of hydrogen-bond donors (Lipinski definition) is 0. The summed E-state index contributed by atoms with van der Waals surface area (Å²) in [5.74, 6) is -0.920. The Labute approximate surface area is 74.9 Å². The third kappa shape index (κ3) is 3.02. The standard InChI is InChI=1S/C9H8FNO2/c1-13-9(12)3-2-7-4-8(10)6-11-5-7/h2-6H,1H3. The van der Waals surface area contributed by atoms with Gasteiger partial charge in [-0.15, -0.1) is 0 Å². The summed E-state index contributed by atoms with van der Waals surface area (Å²) in [6.45, 7) is 0. The second-order valence-corrected chi connectivity index (χ2v) is 2.29. The smallest absolute Gasteiger partial charge is 0.330 e. The van der Waals surface area contributed by atoms with Gasteiger partial charge in [0.15, 0.2) is 0 Å². The minimum atomic E-state index is -0.482. The molecular weight excluding hydrogens is 173 g/mol. The Bertz CT molecular complexity index is 336. The lowest BCUT2D eigenvalue weighted by atomic mass is 10.2. The van der Waals surface area contributed by atoms with Gasteiger partial charge in [0.25, 0.3) is 0 Å². The molecule has 0 N–H and O–H groups in total. The van der Waals surface area contributed by atoms with Crippen LogP contribution in [-0.4, -0.2) is 18.1 Å². The highest BCUT2D eigenvalue weighted by atomic mass is 19.1. The van der Waals surface area contributed by atoms with Crippen molar-refractivity contribution in [2.24, 2.45) is 0 Å². The number of esters is 1. The fourth-order valence-corrected chi connectivity index (χ4v) is 0.752. The van der Waals surface area contributed by atoms with E-state index >= 15 is 0 Å². The Hall–Kier alpha value is -1.71. The SMILES string of the molecule is COC(=O)C=Cc1cncc(F)c1. The van der Waals surface area contributed by atoms with Crippen molar-refractivity contribution < 1.29 is 13.9 Å². The molecule has 0 bridgehead atoms. The van der Waals surface area contributed by atoms with E-state index in [0.29, 0.717) is 5.56 Å². The number of pyridine rings is 1. The van der Waals surface area contributed by atoms with Crippen LogP contribution in [0.15, 0.2) is 24.5 Å². The Morgan fingerprint density at radius 1 is 1.62 bits per heavy atom. The molecule has 0 aliphatic carbocycles. The molecule has 0 aromatic carbocycles. The molecule has 0 unspecified atom stereocenters. The normalized spacial score (nSPS) is 10.3.